The van der Waals surface area contributed by atoms with Crippen LogP contribution < -0.4 is 0 Å². The zero-order valence-electron chi connectivity index (χ0n) is 7.49. The third kappa shape index (κ3) is 2.40. The SMILES string of the molecule is C=Cc1ccc(C(=O)OCC)nc1. The average molecular weight is 177 g/mol. The molecule has 0 atom stereocenters. The normalized spacial score (nSPS) is 9.31. The van der Waals surface area contributed by atoms with Gasteiger partial charge in [-0.25, -0.2) is 9.78 Å². The molecule has 0 aromatic carbocycles. The molecule has 1 heterocycles. The minimum Gasteiger partial charge on any atom is -0.461 e. The van der Waals surface area contributed by atoms with Gasteiger partial charge in [-0.15, -0.1) is 0 Å². The summed E-state index contributed by atoms with van der Waals surface area (Å²) < 4.78 is 4.77. The van der Waals surface area contributed by atoms with E-state index in [1.54, 1.807) is 31.3 Å². The Hall–Kier alpha value is -1.64. The van der Waals surface area contributed by atoms with E-state index in [0.29, 0.717) is 12.3 Å². The highest BCUT2D eigenvalue weighted by atomic mass is 16.5. The third-order valence-electron chi connectivity index (χ3n) is 1.51. The first-order valence-corrected chi connectivity index (χ1v) is 4.03. The molecule has 0 aliphatic carbocycles. The Morgan fingerprint density at radius 2 is 2.46 bits per heavy atom. The van der Waals surface area contributed by atoms with Gasteiger partial charge in [0.1, 0.15) is 5.69 Å². The second kappa shape index (κ2) is 4.40. The summed E-state index contributed by atoms with van der Waals surface area (Å²) in [5.74, 6) is -0.391. The van der Waals surface area contributed by atoms with Gasteiger partial charge in [-0.2, -0.15) is 0 Å². The van der Waals surface area contributed by atoms with Gasteiger partial charge in [-0.05, 0) is 18.6 Å². The van der Waals surface area contributed by atoms with E-state index in [4.69, 9.17) is 4.74 Å². The van der Waals surface area contributed by atoms with Gasteiger partial charge in [0.15, 0.2) is 0 Å². The molecule has 1 rings (SSSR count). The number of ether oxygens (including phenoxy) is 1. The van der Waals surface area contributed by atoms with Gasteiger partial charge in [-0.1, -0.05) is 18.7 Å². The fraction of sp³-hybridized carbons (Fsp3) is 0.200. The number of carbonyl (C=O) groups excluding carboxylic acids is 1. The number of esters is 1. The molecule has 0 fully saturated rings. The molecule has 68 valence electrons. The van der Waals surface area contributed by atoms with Crippen LogP contribution in [0.1, 0.15) is 23.0 Å². The van der Waals surface area contributed by atoms with Crippen LogP contribution in [0.5, 0.6) is 0 Å². The van der Waals surface area contributed by atoms with E-state index in [2.05, 4.69) is 11.6 Å². The molecule has 13 heavy (non-hydrogen) atoms. The molecular weight excluding hydrogens is 166 g/mol. The first-order chi connectivity index (χ1) is 6.27. The molecule has 1 aromatic heterocycles. The van der Waals surface area contributed by atoms with E-state index in [1.165, 1.54) is 0 Å². The first-order valence-electron chi connectivity index (χ1n) is 4.03. The molecule has 0 spiro atoms. The third-order valence-corrected chi connectivity index (χ3v) is 1.51. The van der Waals surface area contributed by atoms with E-state index in [0.717, 1.165) is 5.56 Å². The summed E-state index contributed by atoms with van der Waals surface area (Å²) in [6.07, 6.45) is 3.25. The van der Waals surface area contributed by atoms with E-state index in [-0.39, 0.29) is 0 Å². The van der Waals surface area contributed by atoms with Gasteiger partial charge in [0, 0.05) is 6.20 Å². The number of hydrogen-bond acceptors (Lipinski definition) is 3. The van der Waals surface area contributed by atoms with E-state index < -0.39 is 5.97 Å². The lowest BCUT2D eigenvalue weighted by Gasteiger charge is -2.00. The van der Waals surface area contributed by atoms with Crippen LogP contribution in [0.15, 0.2) is 24.9 Å². The number of aromatic nitrogens is 1. The van der Waals surface area contributed by atoms with Crippen molar-refractivity contribution in [1.82, 2.24) is 4.98 Å². The van der Waals surface area contributed by atoms with E-state index in [9.17, 15) is 4.79 Å². The second-order valence-corrected chi connectivity index (χ2v) is 2.40. The summed E-state index contributed by atoms with van der Waals surface area (Å²) in [5.41, 5.74) is 1.21. The van der Waals surface area contributed by atoms with Gasteiger partial charge >= 0.3 is 5.97 Å². The molecule has 0 amide bonds. The summed E-state index contributed by atoms with van der Waals surface area (Å²) in [5, 5.41) is 0. The van der Waals surface area contributed by atoms with Crippen LogP contribution in [0.3, 0.4) is 0 Å². The Balaban J connectivity index is 2.79. The van der Waals surface area contributed by atoms with Crippen molar-refractivity contribution in [3.8, 4) is 0 Å². The van der Waals surface area contributed by atoms with Crippen molar-refractivity contribution < 1.29 is 9.53 Å². The summed E-state index contributed by atoms with van der Waals surface area (Å²) in [6, 6.07) is 3.39. The van der Waals surface area contributed by atoms with Crippen molar-refractivity contribution >= 4 is 12.0 Å². The lowest BCUT2D eigenvalue weighted by molar-refractivity contribution is 0.0519. The molecule has 0 saturated carbocycles. The Morgan fingerprint density at radius 3 is 2.92 bits per heavy atom. The molecule has 0 N–H and O–H groups in total. The predicted molar refractivity (Wildman–Crippen MR) is 50.3 cm³/mol. The highest BCUT2D eigenvalue weighted by Gasteiger charge is 2.05. The molecular formula is C10H11NO2. The number of rotatable bonds is 3. The Labute approximate surface area is 77.1 Å². The fourth-order valence-corrected chi connectivity index (χ4v) is 0.852. The predicted octanol–water partition coefficient (Wildman–Crippen LogP) is 1.90. The topological polar surface area (TPSA) is 39.2 Å². The summed E-state index contributed by atoms with van der Waals surface area (Å²) in [6.45, 7) is 5.71. The first kappa shape index (κ1) is 9.45. The van der Waals surface area contributed by atoms with Crippen LogP contribution in [0.4, 0.5) is 0 Å². The molecule has 0 bridgehead atoms. The maximum atomic E-state index is 11.1. The Bertz CT molecular complexity index is 303. The quantitative estimate of drug-likeness (QED) is 0.662. The zero-order valence-corrected chi connectivity index (χ0v) is 7.49. The van der Waals surface area contributed by atoms with Gasteiger partial charge < -0.3 is 4.74 Å². The fourth-order valence-electron chi connectivity index (χ4n) is 0.852. The molecule has 0 radical (unpaired) electrons. The molecule has 0 aliphatic heterocycles. The smallest absolute Gasteiger partial charge is 0.356 e. The zero-order chi connectivity index (χ0) is 9.68. The number of carbonyl (C=O) groups is 1. The highest BCUT2D eigenvalue weighted by Crippen LogP contribution is 2.02. The van der Waals surface area contributed by atoms with Gasteiger partial charge in [-0.3, -0.25) is 0 Å². The van der Waals surface area contributed by atoms with Crippen LogP contribution >= 0.6 is 0 Å². The molecule has 3 heteroatoms. The Kier molecular flexibility index (Phi) is 3.20. The van der Waals surface area contributed by atoms with E-state index >= 15 is 0 Å². The van der Waals surface area contributed by atoms with Crippen molar-refractivity contribution in [3.63, 3.8) is 0 Å². The minimum absolute atomic E-state index is 0.326. The largest absolute Gasteiger partial charge is 0.461 e. The molecule has 0 unspecified atom stereocenters. The summed E-state index contributed by atoms with van der Waals surface area (Å²) >= 11 is 0. The number of hydrogen-bond donors (Lipinski definition) is 0. The molecule has 0 aliphatic rings. The van der Waals surface area contributed by atoms with Gasteiger partial charge in [0.25, 0.3) is 0 Å². The van der Waals surface area contributed by atoms with Crippen molar-refractivity contribution in [3.05, 3.63) is 36.2 Å². The standard InChI is InChI=1S/C10H11NO2/c1-3-8-5-6-9(11-7-8)10(12)13-4-2/h3,5-7H,1,4H2,2H3. The Morgan fingerprint density at radius 1 is 1.69 bits per heavy atom. The van der Waals surface area contributed by atoms with Crippen molar-refractivity contribution in [2.45, 2.75) is 6.92 Å². The van der Waals surface area contributed by atoms with Gasteiger partial charge in [0.05, 0.1) is 6.61 Å². The van der Waals surface area contributed by atoms with Crippen LogP contribution in [-0.4, -0.2) is 17.6 Å². The maximum absolute atomic E-state index is 11.1. The summed E-state index contributed by atoms with van der Waals surface area (Å²) in [7, 11) is 0. The lowest BCUT2D eigenvalue weighted by Crippen LogP contribution is -2.06. The summed E-state index contributed by atoms with van der Waals surface area (Å²) in [4.78, 5) is 15.1. The molecule has 1 aromatic rings. The van der Waals surface area contributed by atoms with Crippen LogP contribution in [0, 0.1) is 0 Å². The minimum atomic E-state index is -0.391. The van der Waals surface area contributed by atoms with Crippen molar-refractivity contribution in [2.24, 2.45) is 0 Å². The molecule has 0 saturated heterocycles. The molecule has 3 nitrogen and oxygen atoms in total. The van der Waals surface area contributed by atoms with Gasteiger partial charge in [0.2, 0.25) is 0 Å². The maximum Gasteiger partial charge on any atom is 0.356 e. The monoisotopic (exact) mass is 177 g/mol. The van der Waals surface area contributed by atoms with Crippen molar-refractivity contribution in [2.75, 3.05) is 6.61 Å². The van der Waals surface area contributed by atoms with Crippen LogP contribution in [0.2, 0.25) is 0 Å². The van der Waals surface area contributed by atoms with Crippen molar-refractivity contribution in [1.29, 1.82) is 0 Å². The number of nitrogens with zero attached hydrogens (tertiary/aromatic N) is 1. The van der Waals surface area contributed by atoms with Crippen LogP contribution in [-0.2, 0) is 4.74 Å². The van der Waals surface area contributed by atoms with E-state index in [1.807, 2.05) is 0 Å². The second-order valence-electron chi connectivity index (χ2n) is 2.40. The van der Waals surface area contributed by atoms with Crippen LogP contribution in [0.25, 0.3) is 6.08 Å². The average Bonchev–Trinajstić information content (AvgIpc) is 2.18. The lowest BCUT2D eigenvalue weighted by atomic mass is 10.2. The number of pyridine rings is 1. The highest BCUT2D eigenvalue weighted by molar-refractivity contribution is 5.87.